The number of pyridine rings is 1. The maximum atomic E-state index is 12.0. The summed E-state index contributed by atoms with van der Waals surface area (Å²) in [6, 6.07) is 13.4. The van der Waals surface area contributed by atoms with Crippen LogP contribution in [0.25, 0.3) is 0 Å². The summed E-state index contributed by atoms with van der Waals surface area (Å²) in [6.45, 7) is 0. The van der Waals surface area contributed by atoms with Crippen molar-refractivity contribution < 1.29 is 4.79 Å². The molecule has 124 valence electrons. The van der Waals surface area contributed by atoms with Crippen molar-refractivity contribution in [1.82, 2.24) is 9.97 Å². The highest BCUT2D eigenvalue weighted by atomic mass is 32.1. The number of anilines is 1. The summed E-state index contributed by atoms with van der Waals surface area (Å²) in [6.07, 6.45) is 7.05. The molecule has 6 heteroatoms. The molecule has 0 bridgehead atoms. The van der Waals surface area contributed by atoms with E-state index in [9.17, 15) is 4.79 Å². The third-order valence-corrected chi connectivity index (χ3v) is 4.54. The number of nitriles is 1. The molecule has 1 aromatic carbocycles. The smallest absolute Gasteiger partial charge is 0.226 e. The summed E-state index contributed by atoms with van der Waals surface area (Å²) in [4.78, 5) is 21.4. The SMILES string of the molecule is N#Cc1ccc(Cc2cnc(NC(=O)CCc3cccnc3)s2)cc1. The highest BCUT2D eigenvalue weighted by molar-refractivity contribution is 7.15. The second-order valence-corrected chi connectivity index (χ2v) is 6.64. The van der Waals surface area contributed by atoms with Crippen molar-refractivity contribution in [1.29, 1.82) is 5.26 Å². The minimum Gasteiger partial charge on any atom is -0.302 e. The Bertz CT molecular complexity index is 882. The zero-order chi connectivity index (χ0) is 17.5. The topological polar surface area (TPSA) is 78.7 Å². The first kappa shape index (κ1) is 16.8. The summed E-state index contributed by atoms with van der Waals surface area (Å²) in [5, 5.41) is 12.3. The van der Waals surface area contributed by atoms with Crippen LogP contribution in [0, 0.1) is 11.3 Å². The number of carbonyl (C=O) groups is 1. The largest absolute Gasteiger partial charge is 0.302 e. The molecule has 2 heterocycles. The van der Waals surface area contributed by atoms with E-state index in [0.29, 0.717) is 23.5 Å². The Morgan fingerprint density at radius 3 is 2.72 bits per heavy atom. The molecule has 2 aromatic heterocycles. The standard InChI is InChI=1S/C19H16N4OS/c20-11-15-5-3-14(4-6-15)10-17-13-22-19(25-17)23-18(24)8-7-16-2-1-9-21-12-16/h1-6,9,12-13H,7-8,10H2,(H,22,23,24). The Kier molecular flexibility index (Phi) is 5.50. The molecule has 0 saturated carbocycles. The van der Waals surface area contributed by atoms with Crippen LogP contribution < -0.4 is 5.32 Å². The van der Waals surface area contributed by atoms with Gasteiger partial charge in [-0.25, -0.2) is 4.98 Å². The number of benzene rings is 1. The van der Waals surface area contributed by atoms with E-state index in [1.54, 1.807) is 30.7 Å². The first-order valence-corrected chi connectivity index (χ1v) is 8.67. The Labute approximate surface area is 150 Å². The predicted octanol–water partition coefficient (Wildman–Crippen LogP) is 3.57. The van der Waals surface area contributed by atoms with E-state index >= 15 is 0 Å². The van der Waals surface area contributed by atoms with Crippen LogP contribution in [0.1, 0.15) is 28.0 Å². The van der Waals surface area contributed by atoms with Crippen LogP contribution in [0.5, 0.6) is 0 Å². The van der Waals surface area contributed by atoms with Gasteiger partial charge in [-0.2, -0.15) is 5.26 Å². The van der Waals surface area contributed by atoms with E-state index in [-0.39, 0.29) is 5.91 Å². The minimum absolute atomic E-state index is 0.0527. The van der Waals surface area contributed by atoms with E-state index in [2.05, 4.69) is 21.4 Å². The molecule has 0 radical (unpaired) electrons. The van der Waals surface area contributed by atoms with Gasteiger partial charge in [-0.1, -0.05) is 18.2 Å². The summed E-state index contributed by atoms with van der Waals surface area (Å²) in [5.41, 5.74) is 2.80. The second-order valence-electron chi connectivity index (χ2n) is 5.53. The molecular formula is C19H16N4OS. The first-order valence-electron chi connectivity index (χ1n) is 7.85. The van der Waals surface area contributed by atoms with Crippen molar-refractivity contribution in [2.24, 2.45) is 0 Å². The molecule has 0 aliphatic rings. The molecule has 25 heavy (non-hydrogen) atoms. The highest BCUT2D eigenvalue weighted by Crippen LogP contribution is 2.21. The number of aryl methyl sites for hydroxylation is 1. The number of carbonyl (C=O) groups excluding carboxylic acids is 1. The Balaban J connectivity index is 1.52. The quantitative estimate of drug-likeness (QED) is 0.738. The fourth-order valence-corrected chi connectivity index (χ4v) is 3.19. The molecule has 0 atom stereocenters. The van der Waals surface area contributed by atoms with E-state index in [4.69, 9.17) is 5.26 Å². The van der Waals surface area contributed by atoms with Crippen molar-refractivity contribution in [2.75, 3.05) is 5.32 Å². The van der Waals surface area contributed by atoms with E-state index < -0.39 is 0 Å². The van der Waals surface area contributed by atoms with Gasteiger partial charge in [-0.3, -0.25) is 9.78 Å². The van der Waals surface area contributed by atoms with Gasteiger partial charge in [-0.15, -0.1) is 11.3 Å². The fourth-order valence-electron chi connectivity index (χ4n) is 2.33. The highest BCUT2D eigenvalue weighted by Gasteiger charge is 2.08. The molecule has 0 saturated heterocycles. The normalized spacial score (nSPS) is 10.2. The number of nitrogens with zero attached hydrogens (tertiary/aromatic N) is 3. The van der Waals surface area contributed by atoms with Crippen molar-refractivity contribution in [3.8, 4) is 6.07 Å². The lowest BCUT2D eigenvalue weighted by atomic mass is 10.1. The summed E-state index contributed by atoms with van der Waals surface area (Å²) in [7, 11) is 0. The van der Waals surface area contributed by atoms with E-state index in [1.165, 1.54) is 11.3 Å². The van der Waals surface area contributed by atoms with Gasteiger partial charge < -0.3 is 5.32 Å². The maximum Gasteiger partial charge on any atom is 0.226 e. The van der Waals surface area contributed by atoms with Crippen LogP contribution in [-0.4, -0.2) is 15.9 Å². The van der Waals surface area contributed by atoms with Gasteiger partial charge >= 0.3 is 0 Å². The molecule has 0 fully saturated rings. The van der Waals surface area contributed by atoms with Crippen LogP contribution in [-0.2, 0) is 17.6 Å². The number of hydrogen-bond donors (Lipinski definition) is 1. The van der Waals surface area contributed by atoms with Crippen LogP contribution in [0.3, 0.4) is 0 Å². The van der Waals surface area contributed by atoms with Gasteiger partial charge in [0.1, 0.15) is 0 Å². The molecule has 1 N–H and O–H groups in total. The van der Waals surface area contributed by atoms with Crippen LogP contribution in [0.15, 0.2) is 55.0 Å². The van der Waals surface area contributed by atoms with Gasteiger partial charge in [0.2, 0.25) is 5.91 Å². The fraction of sp³-hybridized carbons (Fsp3) is 0.158. The molecule has 0 unspecified atom stereocenters. The van der Waals surface area contributed by atoms with Gasteiger partial charge in [0.15, 0.2) is 5.13 Å². The molecular weight excluding hydrogens is 332 g/mol. The van der Waals surface area contributed by atoms with Gasteiger partial charge in [-0.05, 0) is 35.7 Å². The zero-order valence-corrected chi connectivity index (χ0v) is 14.3. The predicted molar refractivity (Wildman–Crippen MR) is 97.3 cm³/mol. The molecule has 1 amide bonds. The number of aromatic nitrogens is 2. The number of thiazole rings is 1. The first-order chi connectivity index (χ1) is 12.2. The van der Waals surface area contributed by atoms with Crippen LogP contribution in [0.2, 0.25) is 0 Å². The van der Waals surface area contributed by atoms with Crippen molar-refractivity contribution in [3.63, 3.8) is 0 Å². The Morgan fingerprint density at radius 1 is 1.16 bits per heavy atom. The summed E-state index contributed by atoms with van der Waals surface area (Å²) in [5.74, 6) is -0.0527. The van der Waals surface area contributed by atoms with Gasteiger partial charge in [0.05, 0.1) is 11.6 Å². The lowest BCUT2D eigenvalue weighted by Crippen LogP contribution is -2.12. The molecule has 3 rings (SSSR count). The third kappa shape index (κ3) is 4.96. The van der Waals surface area contributed by atoms with Gasteiger partial charge in [0.25, 0.3) is 0 Å². The van der Waals surface area contributed by atoms with Crippen molar-refractivity contribution >= 4 is 22.4 Å². The number of hydrogen-bond acceptors (Lipinski definition) is 5. The second kappa shape index (κ2) is 8.18. The molecule has 3 aromatic rings. The van der Waals surface area contributed by atoms with Crippen molar-refractivity contribution in [2.45, 2.75) is 19.3 Å². The lowest BCUT2D eigenvalue weighted by molar-refractivity contribution is -0.116. The average molecular weight is 348 g/mol. The van der Waals surface area contributed by atoms with E-state index in [1.807, 2.05) is 24.3 Å². The zero-order valence-electron chi connectivity index (χ0n) is 13.5. The van der Waals surface area contributed by atoms with E-state index in [0.717, 1.165) is 22.4 Å². The Morgan fingerprint density at radius 2 is 2.00 bits per heavy atom. The number of amides is 1. The monoisotopic (exact) mass is 348 g/mol. The molecule has 5 nitrogen and oxygen atoms in total. The maximum absolute atomic E-state index is 12.0. The molecule has 0 aliphatic carbocycles. The van der Waals surface area contributed by atoms with Gasteiger partial charge in [0, 0.05) is 36.3 Å². The molecule has 0 spiro atoms. The van der Waals surface area contributed by atoms with Crippen LogP contribution >= 0.6 is 11.3 Å². The third-order valence-electron chi connectivity index (χ3n) is 3.62. The average Bonchev–Trinajstić information content (AvgIpc) is 3.08. The Hall–Kier alpha value is -3.04. The number of nitrogens with one attached hydrogen (secondary N) is 1. The summed E-state index contributed by atoms with van der Waals surface area (Å²) < 4.78 is 0. The minimum atomic E-state index is -0.0527. The van der Waals surface area contributed by atoms with Crippen LogP contribution in [0.4, 0.5) is 5.13 Å². The van der Waals surface area contributed by atoms with Crippen molar-refractivity contribution in [3.05, 3.63) is 76.6 Å². The lowest BCUT2D eigenvalue weighted by Gasteiger charge is -2.01. The molecule has 0 aliphatic heterocycles. The number of rotatable bonds is 6. The summed E-state index contributed by atoms with van der Waals surface area (Å²) >= 11 is 1.47.